The van der Waals surface area contributed by atoms with Gasteiger partial charge in [-0.05, 0) is 55.5 Å². The molecule has 0 saturated heterocycles. The summed E-state index contributed by atoms with van der Waals surface area (Å²) in [7, 11) is 0. The molecule has 33 heavy (non-hydrogen) atoms. The average molecular weight is 442 g/mol. The highest BCUT2D eigenvalue weighted by atomic mass is 16.5. The predicted octanol–water partition coefficient (Wildman–Crippen LogP) is 4.00. The van der Waals surface area contributed by atoms with Crippen LogP contribution >= 0.6 is 0 Å². The number of amides is 2. The molecule has 8 heteroatoms. The first kappa shape index (κ1) is 21.8. The van der Waals surface area contributed by atoms with Gasteiger partial charge in [0.1, 0.15) is 5.75 Å². The van der Waals surface area contributed by atoms with Gasteiger partial charge in [-0.3, -0.25) is 14.4 Å². The van der Waals surface area contributed by atoms with Crippen LogP contribution in [0.2, 0.25) is 0 Å². The molecule has 1 aromatic heterocycles. The van der Waals surface area contributed by atoms with Gasteiger partial charge in [0, 0.05) is 23.7 Å². The number of fused-ring (bicyclic) bond motifs is 1. The Morgan fingerprint density at radius 3 is 2.24 bits per heavy atom. The summed E-state index contributed by atoms with van der Waals surface area (Å²) in [5.74, 6) is -0.0217. The fourth-order valence-corrected chi connectivity index (χ4v) is 3.45. The molecule has 0 aliphatic heterocycles. The average Bonchev–Trinajstić information content (AvgIpc) is 2.80. The van der Waals surface area contributed by atoms with Crippen LogP contribution in [0.1, 0.15) is 24.3 Å². The predicted molar refractivity (Wildman–Crippen MR) is 127 cm³/mol. The van der Waals surface area contributed by atoms with E-state index < -0.39 is 5.91 Å². The van der Waals surface area contributed by atoms with Crippen molar-refractivity contribution in [3.8, 4) is 11.4 Å². The van der Waals surface area contributed by atoms with Crippen LogP contribution in [0.3, 0.4) is 0 Å². The second kappa shape index (κ2) is 9.35. The first-order valence-corrected chi connectivity index (χ1v) is 10.4. The van der Waals surface area contributed by atoms with Crippen molar-refractivity contribution in [1.29, 1.82) is 0 Å². The van der Waals surface area contributed by atoms with Gasteiger partial charge in [0.05, 0.1) is 17.7 Å². The highest BCUT2D eigenvalue weighted by Gasteiger charge is 2.18. The molecule has 0 fully saturated rings. The smallest absolute Gasteiger partial charge is 0.279 e. The molecular weight excluding hydrogens is 420 g/mol. The summed E-state index contributed by atoms with van der Waals surface area (Å²) in [5, 5.41) is 10.7. The first-order valence-electron chi connectivity index (χ1n) is 10.4. The fraction of sp³-hybridized carbons (Fsp3) is 0.120. The number of carbonyl (C=O) groups excluding carboxylic acids is 2. The number of aromatic nitrogens is 2. The van der Waals surface area contributed by atoms with Crippen LogP contribution in [0.15, 0.2) is 77.6 Å². The Morgan fingerprint density at radius 2 is 1.58 bits per heavy atom. The van der Waals surface area contributed by atoms with Gasteiger partial charge in [0.2, 0.25) is 5.91 Å². The molecule has 4 aromatic rings. The zero-order valence-corrected chi connectivity index (χ0v) is 18.2. The van der Waals surface area contributed by atoms with Gasteiger partial charge in [0.15, 0.2) is 5.69 Å². The van der Waals surface area contributed by atoms with E-state index >= 15 is 0 Å². The molecule has 0 aliphatic rings. The van der Waals surface area contributed by atoms with E-state index in [1.807, 2.05) is 6.92 Å². The summed E-state index contributed by atoms with van der Waals surface area (Å²) >= 11 is 0. The van der Waals surface area contributed by atoms with Crippen molar-refractivity contribution in [2.24, 2.45) is 0 Å². The third kappa shape index (κ3) is 4.74. The first-order chi connectivity index (χ1) is 16.0. The summed E-state index contributed by atoms with van der Waals surface area (Å²) in [4.78, 5) is 37.6. The van der Waals surface area contributed by atoms with Crippen molar-refractivity contribution in [2.45, 2.75) is 13.8 Å². The second-order valence-corrected chi connectivity index (χ2v) is 7.25. The monoisotopic (exact) mass is 442 g/mol. The summed E-state index contributed by atoms with van der Waals surface area (Å²) in [6.07, 6.45) is 0. The molecule has 4 rings (SSSR count). The zero-order chi connectivity index (χ0) is 23.4. The van der Waals surface area contributed by atoms with Crippen LogP contribution in [-0.2, 0) is 4.79 Å². The van der Waals surface area contributed by atoms with Crippen LogP contribution in [0.5, 0.6) is 5.75 Å². The summed E-state index contributed by atoms with van der Waals surface area (Å²) in [5.41, 5.74) is 1.31. The van der Waals surface area contributed by atoms with Crippen molar-refractivity contribution in [3.05, 3.63) is 88.8 Å². The van der Waals surface area contributed by atoms with E-state index in [-0.39, 0.29) is 17.2 Å². The van der Waals surface area contributed by atoms with E-state index in [4.69, 9.17) is 4.74 Å². The zero-order valence-electron chi connectivity index (χ0n) is 18.2. The van der Waals surface area contributed by atoms with E-state index in [1.54, 1.807) is 72.8 Å². The molecule has 0 saturated carbocycles. The number of anilines is 2. The number of nitrogens with one attached hydrogen (secondary N) is 2. The topological polar surface area (TPSA) is 102 Å². The van der Waals surface area contributed by atoms with Crippen molar-refractivity contribution < 1.29 is 14.3 Å². The highest BCUT2D eigenvalue weighted by molar-refractivity contribution is 6.11. The molecule has 0 unspecified atom stereocenters. The maximum atomic E-state index is 13.2. The lowest BCUT2D eigenvalue weighted by Gasteiger charge is -2.12. The number of carbonyl (C=O) groups is 2. The lowest BCUT2D eigenvalue weighted by atomic mass is 10.1. The van der Waals surface area contributed by atoms with Crippen molar-refractivity contribution in [2.75, 3.05) is 17.2 Å². The van der Waals surface area contributed by atoms with E-state index in [2.05, 4.69) is 15.7 Å². The molecule has 0 spiro atoms. The number of ether oxygens (including phenoxy) is 1. The molecule has 8 nitrogen and oxygen atoms in total. The third-order valence-electron chi connectivity index (χ3n) is 4.85. The molecule has 2 amide bonds. The summed E-state index contributed by atoms with van der Waals surface area (Å²) < 4.78 is 6.67. The fourth-order valence-electron chi connectivity index (χ4n) is 3.45. The minimum absolute atomic E-state index is 0.101. The van der Waals surface area contributed by atoms with E-state index in [9.17, 15) is 14.4 Å². The molecular formula is C25H22N4O4. The minimum atomic E-state index is -0.481. The van der Waals surface area contributed by atoms with Gasteiger partial charge in [-0.25, -0.2) is 0 Å². The highest BCUT2D eigenvalue weighted by Crippen LogP contribution is 2.20. The number of hydrogen-bond acceptors (Lipinski definition) is 5. The van der Waals surface area contributed by atoms with E-state index in [0.29, 0.717) is 40.2 Å². The van der Waals surface area contributed by atoms with Gasteiger partial charge in [-0.2, -0.15) is 9.78 Å². The SMILES string of the molecule is CCOc1ccc(-n2nc(C(=O)Nc3cccc(NC(C)=O)c3)c3ccccc3c2=O)cc1. The Kier molecular flexibility index (Phi) is 6.17. The van der Waals surface area contributed by atoms with Crippen LogP contribution in [-0.4, -0.2) is 28.2 Å². The Morgan fingerprint density at radius 1 is 0.909 bits per heavy atom. The molecule has 2 N–H and O–H groups in total. The second-order valence-electron chi connectivity index (χ2n) is 7.25. The number of nitrogens with zero attached hydrogens (tertiary/aromatic N) is 2. The van der Waals surface area contributed by atoms with Crippen molar-refractivity contribution in [1.82, 2.24) is 9.78 Å². The lowest BCUT2D eigenvalue weighted by molar-refractivity contribution is -0.114. The molecule has 0 aliphatic carbocycles. The van der Waals surface area contributed by atoms with Crippen LogP contribution in [0, 0.1) is 0 Å². The Labute approximate surface area is 189 Å². The maximum Gasteiger partial charge on any atom is 0.279 e. The largest absolute Gasteiger partial charge is 0.494 e. The van der Waals surface area contributed by atoms with Crippen molar-refractivity contribution >= 4 is 34.0 Å². The number of rotatable bonds is 6. The Bertz CT molecular complexity index is 1390. The Balaban J connectivity index is 1.75. The lowest BCUT2D eigenvalue weighted by Crippen LogP contribution is -2.26. The van der Waals surface area contributed by atoms with E-state index in [1.165, 1.54) is 11.6 Å². The minimum Gasteiger partial charge on any atom is -0.494 e. The van der Waals surface area contributed by atoms with Gasteiger partial charge in [0.25, 0.3) is 11.5 Å². The van der Waals surface area contributed by atoms with Crippen LogP contribution in [0.25, 0.3) is 16.5 Å². The molecule has 1 heterocycles. The maximum absolute atomic E-state index is 13.2. The molecule has 0 bridgehead atoms. The molecule has 3 aromatic carbocycles. The molecule has 0 radical (unpaired) electrons. The van der Waals surface area contributed by atoms with Gasteiger partial charge in [-0.1, -0.05) is 24.3 Å². The van der Waals surface area contributed by atoms with Gasteiger partial charge < -0.3 is 15.4 Å². The molecule has 0 atom stereocenters. The normalized spacial score (nSPS) is 10.6. The Hall–Kier alpha value is -4.46. The van der Waals surface area contributed by atoms with E-state index in [0.717, 1.165) is 0 Å². The third-order valence-corrected chi connectivity index (χ3v) is 4.85. The van der Waals surface area contributed by atoms with Crippen LogP contribution < -0.4 is 20.9 Å². The van der Waals surface area contributed by atoms with Gasteiger partial charge in [-0.15, -0.1) is 0 Å². The quantitative estimate of drug-likeness (QED) is 0.470. The molecule has 166 valence electrons. The number of hydrogen-bond donors (Lipinski definition) is 2. The summed E-state index contributed by atoms with van der Waals surface area (Å²) in [6, 6.07) is 20.5. The summed E-state index contributed by atoms with van der Waals surface area (Å²) in [6.45, 7) is 3.83. The van der Waals surface area contributed by atoms with Crippen molar-refractivity contribution in [3.63, 3.8) is 0 Å². The van der Waals surface area contributed by atoms with Gasteiger partial charge >= 0.3 is 0 Å². The van der Waals surface area contributed by atoms with Crippen LogP contribution in [0.4, 0.5) is 11.4 Å². The standard InChI is InChI=1S/C25H22N4O4/c1-3-33-20-13-11-19(12-14-20)29-25(32)22-10-5-4-9-21(22)23(28-29)24(31)27-18-8-6-7-17(15-18)26-16(2)30/h4-15H,3H2,1-2H3,(H,26,30)(H,27,31). The number of benzene rings is 3.